The lowest BCUT2D eigenvalue weighted by Crippen LogP contribution is -2.17. The van der Waals surface area contributed by atoms with Gasteiger partial charge < -0.3 is 4.74 Å². The zero-order valence-corrected chi connectivity index (χ0v) is 16.1. The molecule has 0 spiro atoms. The number of nitrogens with zero attached hydrogens (tertiary/aromatic N) is 2. The van der Waals surface area contributed by atoms with Crippen LogP contribution in [-0.4, -0.2) is 31.1 Å². The molecule has 2 heterocycles. The number of halogens is 2. The number of fused-ring (bicyclic) bond motifs is 1. The number of nitrogens with one attached hydrogen (secondary N) is 1. The molecule has 0 radical (unpaired) electrons. The van der Waals surface area contributed by atoms with Gasteiger partial charge in [-0.2, -0.15) is 0 Å². The third-order valence-corrected chi connectivity index (χ3v) is 5.62. The monoisotopic (exact) mass is 441 g/mol. The number of carbonyl (C=O) groups is 1. The summed E-state index contributed by atoms with van der Waals surface area (Å²) >= 11 is 3.30. The number of methoxy groups -OCH3 is 1. The Hall–Kier alpha value is -2.46. The zero-order valence-electron chi connectivity index (χ0n) is 13.7. The van der Waals surface area contributed by atoms with E-state index in [4.69, 9.17) is 0 Å². The Morgan fingerprint density at radius 2 is 2.04 bits per heavy atom. The standard InChI is InChI=1S/C16H13BrFN3O4S/c1-9-13(18)5-10(16(22)25-2)6-14(9)26(23,24)20-15-7-12-4-3-11(17)8-21(12)19-15/h3-8H,1-2H3,(H,19,20). The fraction of sp³-hybridized carbons (Fsp3) is 0.125. The van der Waals surface area contributed by atoms with E-state index in [0.29, 0.717) is 5.52 Å². The molecule has 0 bridgehead atoms. The van der Waals surface area contributed by atoms with Gasteiger partial charge in [-0.15, -0.1) is 5.10 Å². The molecule has 0 fully saturated rings. The second-order valence-electron chi connectivity index (χ2n) is 5.42. The second kappa shape index (κ2) is 6.69. The number of hydrogen-bond acceptors (Lipinski definition) is 5. The highest BCUT2D eigenvalue weighted by molar-refractivity contribution is 9.10. The number of ether oxygens (including phenoxy) is 1. The molecule has 0 aliphatic rings. The molecule has 3 aromatic rings. The number of hydrogen-bond donors (Lipinski definition) is 1. The molecule has 1 N–H and O–H groups in total. The van der Waals surface area contributed by atoms with E-state index in [1.807, 2.05) is 0 Å². The average molecular weight is 442 g/mol. The number of carbonyl (C=O) groups excluding carboxylic acids is 1. The molecule has 26 heavy (non-hydrogen) atoms. The largest absolute Gasteiger partial charge is 0.465 e. The predicted octanol–water partition coefficient (Wildman–Crippen LogP) is 3.13. The molecule has 0 aliphatic carbocycles. The first-order valence-electron chi connectivity index (χ1n) is 7.27. The van der Waals surface area contributed by atoms with Crippen LogP contribution < -0.4 is 4.72 Å². The van der Waals surface area contributed by atoms with Gasteiger partial charge in [0.05, 0.1) is 23.1 Å². The van der Waals surface area contributed by atoms with Crippen molar-refractivity contribution in [2.24, 2.45) is 0 Å². The summed E-state index contributed by atoms with van der Waals surface area (Å²) in [5, 5.41) is 4.12. The van der Waals surface area contributed by atoms with Crippen LogP contribution in [0.3, 0.4) is 0 Å². The Bertz CT molecular complexity index is 1130. The fourth-order valence-electron chi connectivity index (χ4n) is 2.37. The maximum atomic E-state index is 14.1. The van der Waals surface area contributed by atoms with Crippen molar-refractivity contribution in [1.82, 2.24) is 9.61 Å². The summed E-state index contributed by atoms with van der Waals surface area (Å²) < 4.78 is 48.6. The van der Waals surface area contributed by atoms with Crippen LogP contribution in [0.4, 0.5) is 10.2 Å². The lowest BCUT2D eigenvalue weighted by Gasteiger charge is -2.11. The van der Waals surface area contributed by atoms with Crippen molar-refractivity contribution in [3.8, 4) is 0 Å². The first-order valence-corrected chi connectivity index (χ1v) is 9.55. The first-order chi connectivity index (χ1) is 12.2. The van der Waals surface area contributed by atoms with E-state index < -0.39 is 21.8 Å². The van der Waals surface area contributed by atoms with Crippen molar-refractivity contribution in [2.45, 2.75) is 11.8 Å². The van der Waals surface area contributed by atoms with E-state index in [1.54, 1.807) is 18.3 Å². The predicted molar refractivity (Wildman–Crippen MR) is 96.2 cm³/mol. The highest BCUT2D eigenvalue weighted by atomic mass is 79.9. The van der Waals surface area contributed by atoms with Gasteiger partial charge in [-0.3, -0.25) is 4.72 Å². The summed E-state index contributed by atoms with van der Waals surface area (Å²) in [6.07, 6.45) is 1.66. The number of aromatic nitrogens is 2. The van der Waals surface area contributed by atoms with Crippen LogP contribution in [0.2, 0.25) is 0 Å². The van der Waals surface area contributed by atoms with E-state index >= 15 is 0 Å². The van der Waals surface area contributed by atoms with Crippen LogP contribution in [0.5, 0.6) is 0 Å². The Labute approximate surface area is 157 Å². The molecule has 7 nitrogen and oxygen atoms in total. The van der Waals surface area contributed by atoms with Gasteiger partial charge >= 0.3 is 5.97 Å². The molecule has 0 atom stereocenters. The lowest BCUT2D eigenvalue weighted by molar-refractivity contribution is 0.0600. The van der Waals surface area contributed by atoms with Crippen LogP contribution >= 0.6 is 15.9 Å². The van der Waals surface area contributed by atoms with Crippen molar-refractivity contribution in [3.05, 3.63) is 57.9 Å². The highest BCUT2D eigenvalue weighted by Crippen LogP contribution is 2.24. The molecule has 0 unspecified atom stereocenters. The molecule has 0 amide bonds. The molecule has 3 rings (SSSR count). The number of benzene rings is 1. The van der Waals surface area contributed by atoms with E-state index in [2.05, 4.69) is 30.5 Å². The van der Waals surface area contributed by atoms with E-state index in [1.165, 1.54) is 17.5 Å². The molecular formula is C16H13BrFN3O4S. The molecular weight excluding hydrogens is 429 g/mol. The van der Waals surface area contributed by atoms with Gasteiger partial charge in [-0.1, -0.05) is 0 Å². The minimum Gasteiger partial charge on any atom is -0.465 e. The van der Waals surface area contributed by atoms with Crippen LogP contribution in [0, 0.1) is 12.7 Å². The summed E-state index contributed by atoms with van der Waals surface area (Å²) in [6, 6.07) is 7.06. The first kappa shape index (κ1) is 18.3. The zero-order chi connectivity index (χ0) is 19.1. The van der Waals surface area contributed by atoms with E-state index in [9.17, 15) is 17.6 Å². The van der Waals surface area contributed by atoms with Crippen LogP contribution in [0.25, 0.3) is 5.52 Å². The molecule has 10 heteroatoms. The summed E-state index contributed by atoms with van der Waals surface area (Å²) in [5.74, 6) is -1.60. The minimum atomic E-state index is -4.17. The van der Waals surface area contributed by atoms with Crippen molar-refractivity contribution in [2.75, 3.05) is 11.8 Å². The topological polar surface area (TPSA) is 89.8 Å². The van der Waals surface area contributed by atoms with Crippen molar-refractivity contribution < 1.29 is 22.3 Å². The smallest absolute Gasteiger partial charge is 0.337 e. The summed E-state index contributed by atoms with van der Waals surface area (Å²) in [6.45, 7) is 1.31. The number of sulfonamides is 1. The molecule has 1 aromatic carbocycles. The van der Waals surface area contributed by atoms with E-state index in [-0.39, 0.29) is 21.8 Å². The van der Waals surface area contributed by atoms with Gasteiger partial charge in [0, 0.05) is 22.3 Å². The third-order valence-electron chi connectivity index (χ3n) is 3.67. The number of anilines is 1. The SMILES string of the molecule is COC(=O)c1cc(F)c(C)c(S(=O)(=O)Nc2cc3ccc(Br)cn3n2)c1. The third kappa shape index (κ3) is 3.42. The quantitative estimate of drug-likeness (QED) is 0.628. The Balaban J connectivity index is 2.04. The van der Waals surface area contributed by atoms with E-state index in [0.717, 1.165) is 23.7 Å². The Kier molecular flexibility index (Phi) is 4.72. The molecule has 2 aromatic heterocycles. The maximum absolute atomic E-state index is 14.1. The second-order valence-corrected chi connectivity index (χ2v) is 7.99. The van der Waals surface area contributed by atoms with Crippen LogP contribution in [0.15, 0.2) is 45.9 Å². The highest BCUT2D eigenvalue weighted by Gasteiger charge is 2.23. The van der Waals surface area contributed by atoms with Gasteiger partial charge in [0.1, 0.15) is 5.82 Å². The molecule has 0 saturated heterocycles. The number of rotatable bonds is 4. The van der Waals surface area contributed by atoms with Crippen molar-refractivity contribution in [3.63, 3.8) is 0 Å². The van der Waals surface area contributed by atoms with Gasteiger partial charge in [-0.25, -0.2) is 22.1 Å². The molecule has 0 aliphatic heterocycles. The van der Waals surface area contributed by atoms with Crippen molar-refractivity contribution in [1.29, 1.82) is 0 Å². The summed E-state index contributed by atoms with van der Waals surface area (Å²) in [4.78, 5) is 11.3. The van der Waals surface area contributed by atoms with Crippen LogP contribution in [0.1, 0.15) is 15.9 Å². The van der Waals surface area contributed by atoms with Gasteiger partial charge in [0.25, 0.3) is 10.0 Å². The van der Waals surface area contributed by atoms with Gasteiger partial charge in [-0.05, 0) is 47.1 Å². The Morgan fingerprint density at radius 3 is 2.73 bits per heavy atom. The normalized spacial score (nSPS) is 11.5. The van der Waals surface area contributed by atoms with Crippen LogP contribution in [-0.2, 0) is 14.8 Å². The molecule has 136 valence electrons. The maximum Gasteiger partial charge on any atom is 0.337 e. The molecule has 0 saturated carbocycles. The Morgan fingerprint density at radius 1 is 1.31 bits per heavy atom. The lowest BCUT2D eigenvalue weighted by atomic mass is 10.1. The van der Waals surface area contributed by atoms with Gasteiger partial charge in [0.15, 0.2) is 5.82 Å². The fourth-order valence-corrected chi connectivity index (χ4v) is 3.97. The number of pyridine rings is 1. The van der Waals surface area contributed by atoms with Gasteiger partial charge in [0.2, 0.25) is 0 Å². The summed E-state index contributed by atoms with van der Waals surface area (Å²) in [5.41, 5.74) is 0.351. The number of esters is 1. The average Bonchev–Trinajstić information content (AvgIpc) is 2.96. The summed E-state index contributed by atoms with van der Waals surface area (Å²) in [7, 11) is -3.05. The minimum absolute atomic E-state index is 0.0615. The van der Waals surface area contributed by atoms with Crippen molar-refractivity contribution >= 4 is 43.3 Å².